The average molecular weight is 332 g/mol. The van der Waals surface area contributed by atoms with Crippen LogP contribution >= 0.6 is 0 Å². The predicted molar refractivity (Wildman–Crippen MR) is 98.8 cm³/mol. The van der Waals surface area contributed by atoms with Gasteiger partial charge in [0.05, 0.1) is 6.04 Å². The van der Waals surface area contributed by atoms with Crippen LogP contribution in [0.5, 0.6) is 0 Å². The molecule has 3 rings (SSSR count). The monoisotopic (exact) mass is 332 g/mol. The molecule has 0 saturated heterocycles. The van der Waals surface area contributed by atoms with Gasteiger partial charge < -0.3 is 10.6 Å². The lowest BCUT2D eigenvalue weighted by molar-refractivity contribution is 0.0934. The minimum atomic E-state index is -0.230. The molecule has 0 bridgehead atoms. The molecule has 0 aliphatic heterocycles. The topological polar surface area (TPSA) is 66.9 Å². The highest BCUT2D eigenvalue weighted by molar-refractivity contribution is 5.93. The van der Waals surface area contributed by atoms with E-state index >= 15 is 0 Å². The summed E-state index contributed by atoms with van der Waals surface area (Å²) in [5.74, 6) is 0.355. The quantitative estimate of drug-likeness (QED) is 0.740. The number of anilines is 2. The van der Waals surface area contributed by atoms with Crippen LogP contribution < -0.4 is 10.6 Å². The van der Waals surface area contributed by atoms with E-state index in [0.717, 1.165) is 16.8 Å². The summed E-state index contributed by atoms with van der Waals surface area (Å²) >= 11 is 0. The van der Waals surface area contributed by atoms with E-state index in [9.17, 15) is 4.79 Å². The third-order valence-electron chi connectivity index (χ3n) is 3.95. The Hall–Kier alpha value is -3.21. The summed E-state index contributed by atoms with van der Waals surface area (Å²) in [5, 5.41) is 6.18. The third-order valence-corrected chi connectivity index (χ3v) is 3.95. The highest BCUT2D eigenvalue weighted by Gasteiger charge is 2.13. The van der Waals surface area contributed by atoms with Crippen LogP contribution in [0.3, 0.4) is 0 Å². The molecule has 5 nitrogen and oxygen atoms in total. The first kappa shape index (κ1) is 16.6. The number of carbonyl (C=O) groups is 1. The number of aromatic nitrogens is 2. The van der Waals surface area contributed by atoms with Gasteiger partial charge in [-0.05, 0) is 31.0 Å². The predicted octanol–water partition coefficient (Wildman–Crippen LogP) is 4.02. The molecular weight excluding hydrogens is 312 g/mol. The van der Waals surface area contributed by atoms with E-state index in [1.807, 2.05) is 68.4 Å². The minimum Gasteiger partial charge on any atom is -0.344 e. The van der Waals surface area contributed by atoms with Crippen LogP contribution in [0.1, 0.15) is 34.6 Å². The molecule has 25 heavy (non-hydrogen) atoms. The van der Waals surface area contributed by atoms with E-state index in [1.54, 1.807) is 6.07 Å². The fourth-order valence-electron chi connectivity index (χ4n) is 2.50. The molecular formula is C20H20N4O. The summed E-state index contributed by atoms with van der Waals surface area (Å²) < 4.78 is 0. The smallest absolute Gasteiger partial charge is 0.270 e. The summed E-state index contributed by atoms with van der Waals surface area (Å²) in [6.07, 6.45) is 1.39. The molecule has 3 aromatic rings. The van der Waals surface area contributed by atoms with E-state index in [2.05, 4.69) is 20.6 Å². The molecule has 0 saturated carbocycles. The molecule has 2 aromatic carbocycles. The molecule has 1 amide bonds. The molecule has 1 heterocycles. The van der Waals surface area contributed by atoms with Crippen LogP contribution in [0.25, 0.3) is 0 Å². The molecule has 5 heteroatoms. The van der Waals surface area contributed by atoms with E-state index in [1.165, 1.54) is 6.33 Å². The standard InChI is InChI=1S/C20H20N4O/c1-14-8-6-7-11-17(14)24-19-12-18(21-13-22-19)20(25)23-15(2)16-9-4-3-5-10-16/h3-13,15H,1-2H3,(H,23,25)(H,21,22,24). The summed E-state index contributed by atoms with van der Waals surface area (Å²) in [6, 6.07) is 19.3. The van der Waals surface area contributed by atoms with Gasteiger partial charge in [-0.2, -0.15) is 0 Å². The summed E-state index contributed by atoms with van der Waals surface area (Å²) in [4.78, 5) is 20.8. The van der Waals surface area contributed by atoms with Crippen molar-refractivity contribution in [2.24, 2.45) is 0 Å². The number of rotatable bonds is 5. The Morgan fingerprint density at radius 3 is 2.48 bits per heavy atom. The van der Waals surface area contributed by atoms with Crippen LogP contribution in [-0.2, 0) is 0 Å². The summed E-state index contributed by atoms with van der Waals surface area (Å²) in [7, 11) is 0. The Balaban J connectivity index is 1.72. The van der Waals surface area contributed by atoms with Gasteiger partial charge in [0.2, 0.25) is 0 Å². The lowest BCUT2D eigenvalue weighted by Gasteiger charge is -2.14. The van der Waals surface area contributed by atoms with Crippen molar-refractivity contribution in [1.29, 1.82) is 0 Å². The zero-order valence-corrected chi connectivity index (χ0v) is 14.2. The SMILES string of the molecule is Cc1ccccc1Nc1cc(C(=O)NC(C)c2ccccc2)ncn1. The molecule has 0 radical (unpaired) electrons. The number of amides is 1. The second-order valence-corrected chi connectivity index (χ2v) is 5.83. The van der Waals surface area contributed by atoms with Gasteiger partial charge >= 0.3 is 0 Å². The van der Waals surface area contributed by atoms with Crippen molar-refractivity contribution in [2.45, 2.75) is 19.9 Å². The number of carbonyl (C=O) groups excluding carboxylic acids is 1. The van der Waals surface area contributed by atoms with Gasteiger partial charge in [0.1, 0.15) is 17.8 Å². The van der Waals surface area contributed by atoms with Crippen molar-refractivity contribution >= 4 is 17.4 Å². The number of hydrogen-bond donors (Lipinski definition) is 2. The van der Waals surface area contributed by atoms with Gasteiger partial charge in [0, 0.05) is 11.8 Å². The molecule has 1 unspecified atom stereocenters. The first-order valence-corrected chi connectivity index (χ1v) is 8.14. The number of hydrogen-bond acceptors (Lipinski definition) is 4. The molecule has 2 N–H and O–H groups in total. The fourth-order valence-corrected chi connectivity index (χ4v) is 2.50. The lowest BCUT2D eigenvalue weighted by atomic mass is 10.1. The maximum absolute atomic E-state index is 12.5. The van der Waals surface area contributed by atoms with Gasteiger partial charge in [0.25, 0.3) is 5.91 Å². The Morgan fingerprint density at radius 1 is 1.00 bits per heavy atom. The molecule has 0 aliphatic carbocycles. The Bertz CT molecular complexity index is 864. The molecule has 0 spiro atoms. The van der Waals surface area contributed by atoms with Crippen LogP contribution in [0, 0.1) is 6.92 Å². The van der Waals surface area contributed by atoms with Crippen LogP contribution in [0.2, 0.25) is 0 Å². The lowest BCUT2D eigenvalue weighted by Crippen LogP contribution is -2.27. The molecule has 126 valence electrons. The van der Waals surface area contributed by atoms with Crippen molar-refractivity contribution in [2.75, 3.05) is 5.32 Å². The molecule has 0 fully saturated rings. The Kier molecular flexibility index (Phi) is 5.04. The normalized spacial score (nSPS) is 11.6. The van der Waals surface area contributed by atoms with Crippen molar-refractivity contribution < 1.29 is 4.79 Å². The number of benzene rings is 2. The zero-order valence-electron chi connectivity index (χ0n) is 14.2. The van der Waals surface area contributed by atoms with Gasteiger partial charge in [-0.1, -0.05) is 48.5 Å². The number of nitrogens with zero attached hydrogens (tertiary/aromatic N) is 2. The number of nitrogens with one attached hydrogen (secondary N) is 2. The molecule has 0 aliphatic rings. The zero-order chi connectivity index (χ0) is 17.6. The second-order valence-electron chi connectivity index (χ2n) is 5.83. The first-order chi connectivity index (χ1) is 12.1. The van der Waals surface area contributed by atoms with Crippen molar-refractivity contribution in [3.05, 3.63) is 83.8 Å². The van der Waals surface area contributed by atoms with Gasteiger partial charge in [0.15, 0.2) is 0 Å². The largest absolute Gasteiger partial charge is 0.344 e. The van der Waals surface area contributed by atoms with Crippen molar-refractivity contribution in [3.8, 4) is 0 Å². The second kappa shape index (κ2) is 7.57. The Morgan fingerprint density at radius 2 is 1.72 bits per heavy atom. The minimum absolute atomic E-state index is 0.101. The van der Waals surface area contributed by atoms with E-state index in [0.29, 0.717) is 11.5 Å². The highest BCUT2D eigenvalue weighted by Crippen LogP contribution is 2.19. The highest BCUT2D eigenvalue weighted by atomic mass is 16.1. The van der Waals surface area contributed by atoms with Crippen LogP contribution in [0.15, 0.2) is 67.0 Å². The first-order valence-electron chi connectivity index (χ1n) is 8.14. The number of para-hydroxylation sites is 1. The molecule has 1 aromatic heterocycles. The maximum Gasteiger partial charge on any atom is 0.270 e. The van der Waals surface area contributed by atoms with Crippen LogP contribution in [0.4, 0.5) is 11.5 Å². The van der Waals surface area contributed by atoms with Crippen molar-refractivity contribution in [3.63, 3.8) is 0 Å². The summed E-state index contributed by atoms with van der Waals surface area (Å²) in [5.41, 5.74) is 3.42. The van der Waals surface area contributed by atoms with Crippen molar-refractivity contribution in [1.82, 2.24) is 15.3 Å². The van der Waals surface area contributed by atoms with Gasteiger partial charge in [-0.3, -0.25) is 4.79 Å². The third kappa shape index (κ3) is 4.20. The van der Waals surface area contributed by atoms with E-state index in [-0.39, 0.29) is 11.9 Å². The molecule has 1 atom stereocenters. The van der Waals surface area contributed by atoms with E-state index < -0.39 is 0 Å². The average Bonchev–Trinajstić information content (AvgIpc) is 2.64. The Labute approximate surface area is 147 Å². The van der Waals surface area contributed by atoms with Gasteiger partial charge in [-0.15, -0.1) is 0 Å². The fraction of sp³-hybridized carbons (Fsp3) is 0.150. The van der Waals surface area contributed by atoms with Crippen LogP contribution in [-0.4, -0.2) is 15.9 Å². The van der Waals surface area contributed by atoms with Gasteiger partial charge in [-0.25, -0.2) is 9.97 Å². The number of aryl methyl sites for hydroxylation is 1. The van der Waals surface area contributed by atoms with E-state index in [4.69, 9.17) is 0 Å². The maximum atomic E-state index is 12.5. The summed E-state index contributed by atoms with van der Waals surface area (Å²) in [6.45, 7) is 3.96.